The Balaban J connectivity index is 1.80. The predicted molar refractivity (Wildman–Crippen MR) is 98.8 cm³/mol. The second kappa shape index (κ2) is 9.94. The van der Waals surface area contributed by atoms with Crippen LogP contribution in [-0.2, 0) is 14.3 Å². The molecule has 0 aliphatic heterocycles. The summed E-state index contributed by atoms with van der Waals surface area (Å²) >= 11 is 0. The van der Waals surface area contributed by atoms with Crippen molar-refractivity contribution in [3.63, 3.8) is 0 Å². The Bertz CT molecular complexity index is 621. The van der Waals surface area contributed by atoms with Gasteiger partial charge in [0.1, 0.15) is 6.04 Å². The highest BCUT2D eigenvalue weighted by Crippen LogP contribution is 2.32. The number of amides is 2. The molecule has 2 amide bonds. The summed E-state index contributed by atoms with van der Waals surface area (Å²) in [5.41, 5.74) is 1.68. The van der Waals surface area contributed by atoms with E-state index in [0.29, 0.717) is 18.0 Å². The Kier molecular flexibility index (Phi) is 7.63. The topological polar surface area (TPSA) is 84.5 Å². The van der Waals surface area contributed by atoms with Crippen molar-refractivity contribution in [3.05, 3.63) is 35.4 Å². The van der Waals surface area contributed by atoms with Crippen LogP contribution in [0.15, 0.2) is 24.3 Å². The number of carbonyl (C=O) groups excluding carboxylic acids is 3. The Morgan fingerprint density at radius 2 is 1.77 bits per heavy atom. The zero-order valence-corrected chi connectivity index (χ0v) is 15.5. The molecule has 0 spiro atoms. The first-order chi connectivity index (χ1) is 12.5. The molecule has 6 heteroatoms. The third-order valence-corrected chi connectivity index (χ3v) is 4.68. The fourth-order valence-electron chi connectivity index (χ4n) is 3.22. The summed E-state index contributed by atoms with van der Waals surface area (Å²) in [6.07, 6.45) is 6.24. The van der Waals surface area contributed by atoms with Crippen molar-refractivity contribution < 1.29 is 19.1 Å². The number of hydrogen-bond acceptors (Lipinski definition) is 4. The van der Waals surface area contributed by atoms with E-state index in [4.69, 9.17) is 4.74 Å². The fraction of sp³-hybridized carbons (Fsp3) is 0.550. The summed E-state index contributed by atoms with van der Waals surface area (Å²) in [4.78, 5) is 35.4. The summed E-state index contributed by atoms with van der Waals surface area (Å²) in [6, 6.07) is 6.78. The van der Waals surface area contributed by atoms with Crippen molar-refractivity contribution in [2.24, 2.45) is 0 Å². The molecule has 1 aliphatic rings. The minimum Gasteiger partial charge on any atom is -0.452 e. The van der Waals surface area contributed by atoms with Gasteiger partial charge in [0.25, 0.3) is 5.91 Å². The number of rotatable bonds is 7. The molecule has 1 atom stereocenters. The molecule has 0 bridgehead atoms. The summed E-state index contributed by atoms with van der Waals surface area (Å²) in [6.45, 7) is 3.46. The molecule has 0 unspecified atom stereocenters. The quantitative estimate of drug-likeness (QED) is 0.732. The summed E-state index contributed by atoms with van der Waals surface area (Å²) < 4.78 is 5.03. The van der Waals surface area contributed by atoms with Gasteiger partial charge in [0.15, 0.2) is 6.61 Å². The third-order valence-electron chi connectivity index (χ3n) is 4.68. The normalized spacial score (nSPS) is 15.8. The van der Waals surface area contributed by atoms with Crippen LogP contribution >= 0.6 is 0 Å². The highest BCUT2D eigenvalue weighted by molar-refractivity contribution is 5.92. The third kappa shape index (κ3) is 5.86. The number of carbonyl (C=O) groups is 3. The monoisotopic (exact) mass is 360 g/mol. The van der Waals surface area contributed by atoms with E-state index in [1.54, 1.807) is 26.0 Å². The molecule has 2 N–H and O–H groups in total. The Labute approximate surface area is 154 Å². The van der Waals surface area contributed by atoms with Crippen LogP contribution in [0.2, 0.25) is 0 Å². The first-order valence-electron chi connectivity index (χ1n) is 9.35. The number of nitrogens with one attached hydrogen (secondary N) is 2. The van der Waals surface area contributed by atoms with E-state index in [9.17, 15) is 14.4 Å². The fourth-order valence-corrected chi connectivity index (χ4v) is 3.22. The van der Waals surface area contributed by atoms with E-state index in [2.05, 4.69) is 10.6 Å². The van der Waals surface area contributed by atoms with Gasteiger partial charge in [-0.25, -0.2) is 4.79 Å². The van der Waals surface area contributed by atoms with Crippen LogP contribution in [0.3, 0.4) is 0 Å². The molecule has 0 aromatic heterocycles. The molecule has 142 valence electrons. The zero-order valence-electron chi connectivity index (χ0n) is 15.5. The van der Waals surface area contributed by atoms with Crippen LogP contribution in [-0.4, -0.2) is 37.0 Å². The molecule has 1 aromatic carbocycles. The van der Waals surface area contributed by atoms with Crippen molar-refractivity contribution in [3.8, 4) is 0 Å². The van der Waals surface area contributed by atoms with Gasteiger partial charge < -0.3 is 15.4 Å². The average Bonchev–Trinajstić information content (AvgIpc) is 2.67. The van der Waals surface area contributed by atoms with Gasteiger partial charge in [-0.15, -0.1) is 0 Å². The maximum atomic E-state index is 12.1. The molecular formula is C20H28N2O4. The molecule has 26 heavy (non-hydrogen) atoms. The van der Waals surface area contributed by atoms with Gasteiger partial charge in [-0.2, -0.15) is 0 Å². The van der Waals surface area contributed by atoms with Crippen molar-refractivity contribution in [1.29, 1.82) is 0 Å². The molecule has 1 aliphatic carbocycles. The highest BCUT2D eigenvalue weighted by Gasteiger charge is 2.18. The van der Waals surface area contributed by atoms with Crippen molar-refractivity contribution in [1.82, 2.24) is 10.6 Å². The van der Waals surface area contributed by atoms with Gasteiger partial charge in [0.05, 0.1) is 5.56 Å². The number of benzene rings is 1. The summed E-state index contributed by atoms with van der Waals surface area (Å²) in [5, 5.41) is 5.11. The molecule has 1 aromatic rings. The highest BCUT2D eigenvalue weighted by atomic mass is 16.5. The maximum absolute atomic E-state index is 12.1. The van der Waals surface area contributed by atoms with Gasteiger partial charge in [0.2, 0.25) is 5.91 Å². The van der Waals surface area contributed by atoms with Crippen molar-refractivity contribution in [2.75, 3.05) is 13.2 Å². The van der Waals surface area contributed by atoms with Gasteiger partial charge in [-0.1, -0.05) is 31.4 Å². The molecule has 6 nitrogen and oxygen atoms in total. The van der Waals surface area contributed by atoms with E-state index in [-0.39, 0.29) is 5.91 Å². The first kappa shape index (κ1) is 19.9. The van der Waals surface area contributed by atoms with Gasteiger partial charge >= 0.3 is 5.97 Å². The lowest BCUT2D eigenvalue weighted by Gasteiger charge is -2.22. The lowest BCUT2D eigenvalue weighted by Crippen LogP contribution is -2.46. The largest absolute Gasteiger partial charge is 0.452 e. The summed E-state index contributed by atoms with van der Waals surface area (Å²) in [5.74, 6) is -0.738. The van der Waals surface area contributed by atoms with Crippen LogP contribution in [0, 0.1) is 0 Å². The van der Waals surface area contributed by atoms with E-state index in [1.807, 2.05) is 12.1 Å². The van der Waals surface area contributed by atoms with Gasteiger partial charge in [0, 0.05) is 6.54 Å². The Morgan fingerprint density at radius 1 is 1.12 bits per heavy atom. The van der Waals surface area contributed by atoms with Crippen molar-refractivity contribution >= 4 is 17.8 Å². The van der Waals surface area contributed by atoms with Crippen LogP contribution in [0.25, 0.3) is 0 Å². The average molecular weight is 360 g/mol. The van der Waals surface area contributed by atoms with Gasteiger partial charge in [-0.05, 0) is 50.3 Å². The minimum absolute atomic E-state index is 0.273. The number of likely N-dealkylation sites (N-methyl/N-ethyl adjacent to an activating group) is 1. The number of ether oxygens (including phenoxy) is 1. The second-order valence-electron chi connectivity index (χ2n) is 6.72. The molecule has 1 fully saturated rings. The molecule has 2 rings (SSSR count). The minimum atomic E-state index is -0.670. The first-order valence-corrected chi connectivity index (χ1v) is 9.35. The summed E-state index contributed by atoms with van der Waals surface area (Å²) in [7, 11) is 0. The maximum Gasteiger partial charge on any atom is 0.338 e. The van der Waals surface area contributed by atoms with Gasteiger partial charge in [-0.3, -0.25) is 9.59 Å². The predicted octanol–water partition coefficient (Wildman–Crippen LogP) is 2.53. The lowest BCUT2D eigenvalue weighted by molar-refractivity contribution is -0.130. The Hall–Kier alpha value is -2.37. The van der Waals surface area contributed by atoms with Crippen molar-refractivity contribution in [2.45, 2.75) is 57.9 Å². The lowest BCUT2D eigenvalue weighted by atomic mass is 9.84. The number of esters is 1. The molecule has 0 saturated heterocycles. The SMILES string of the molecule is CCNC(=O)[C@H](C)NC(=O)COC(=O)c1ccc(C2CCCCC2)cc1. The van der Waals surface area contributed by atoms with Crippen LogP contribution in [0.1, 0.15) is 67.8 Å². The molecule has 0 radical (unpaired) electrons. The molecule has 0 heterocycles. The standard InChI is InChI=1S/C20H28N2O4/c1-3-21-19(24)14(2)22-18(23)13-26-20(25)17-11-9-16(10-12-17)15-7-5-4-6-8-15/h9-12,14-15H,3-8,13H2,1-2H3,(H,21,24)(H,22,23)/t14-/m0/s1. The van der Waals surface area contributed by atoms with Crippen LogP contribution in [0.5, 0.6) is 0 Å². The zero-order chi connectivity index (χ0) is 18.9. The van der Waals surface area contributed by atoms with E-state index in [1.165, 1.54) is 37.7 Å². The second-order valence-corrected chi connectivity index (χ2v) is 6.72. The van der Waals surface area contributed by atoms with E-state index in [0.717, 1.165) is 0 Å². The number of hydrogen-bond donors (Lipinski definition) is 2. The Morgan fingerprint density at radius 3 is 2.38 bits per heavy atom. The molecule has 1 saturated carbocycles. The van der Waals surface area contributed by atoms with E-state index >= 15 is 0 Å². The van der Waals surface area contributed by atoms with Crippen LogP contribution < -0.4 is 10.6 Å². The molecular weight excluding hydrogens is 332 g/mol. The smallest absolute Gasteiger partial charge is 0.338 e. The van der Waals surface area contributed by atoms with Crippen LogP contribution in [0.4, 0.5) is 0 Å². The van der Waals surface area contributed by atoms with E-state index < -0.39 is 24.5 Å².